The Balaban J connectivity index is 1.65. The molecule has 0 spiro atoms. The average Bonchev–Trinajstić information content (AvgIpc) is 2.72. The Morgan fingerprint density at radius 1 is 0.462 bits per heavy atom. The molecular weight excluding hydrogens is 398 g/mol. The monoisotopic (exact) mass is 426 g/mol. The van der Waals surface area contributed by atoms with Crippen LogP contribution in [0.2, 0.25) is 0 Å². The van der Waals surface area contributed by atoms with E-state index < -0.39 is 5.51 Å². The van der Waals surface area contributed by atoms with Crippen molar-refractivity contribution in [1.29, 1.82) is 0 Å². The Morgan fingerprint density at radius 2 is 0.731 bits per heavy atom. The summed E-state index contributed by atoms with van der Waals surface area (Å²) in [4.78, 5) is 0. The van der Waals surface area contributed by atoms with Crippen LogP contribution in [0.3, 0.4) is 0 Å². The molecule has 0 bridgehead atoms. The molecule has 0 aliphatic rings. The van der Waals surface area contributed by atoms with Crippen LogP contribution >= 0.6 is 5.51 Å². The van der Waals surface area contributed by atoms with Gasteiger partial charge in [0.25, 0.3) is 0 Å². The normalized spacial score (nSPS) is 11.4. The van der Waals surface area contributed by atoms with Crippen LogP contribution in [0, 0.1) is 0 Å². The fourth-order valence-electron chi connectivity index (χ4n) is 3.27. The fourth-order valence-corrected chi connectivity index (χ4v) is 7.66. The predicted molar refractivity (Wildman–Crippen MR) is 118 cm³/mol. The van der Waals surface area contributed by atoms with Gasteiger partial charge in [0.05, 0.1) is 0 Å². The van der Waals surface area contributed by atoms with Gasteiger partial charge < -0.3 is 0 Å². The molecule has 2 heteroatoms. The zero-order valence-electron chi connectivity index (χ0n) is 15.3. The first kappa shape index (κ1) is 19.4. The average molecular weight is 425 g/mol. The maximum absolute atomic E-state index is 3.71. The van der Waals surface area contributed by atoms with Crippen molar-refractivity contribution in [1.82, 2.24) is 0 Å². The van der Waals surface area contributed by atoms with E-state index in [1.54, 1.807) is 0 Å². The quantitative estimate of drug-likeness (QED) is 0.300. The molecule has 0 amide bonds. The zero-order valence-corrected chi connectivity index (χ0v) is 17.9. The van der Waals surface area contributed by atoms with E-state index in [1.165, 1.54) is 54.4 Å². The van der Waals surface area contributed by atoms with Crippen LogP contribution in [-0.4, -0.2) is 33.6 Å². The van der Waals surface area contributed by atoms with E-state index >= 15 is 0 Å². The standard InChI is InChI=1S/C24H27PSe/c26-25(19-16-22-10-4-1-5-11-22,20-17-23-12-6-2-7-13-23)21-18-24-14-8-3-9-15-24/h1-15H,16-21H2. The molecule has 0 heterocycles. The Kier molecular flexibility index (Phi) is 7.51. The van der Waals surface area contributed by atoms with Gasteiger partial charge >= 0.3 is 166 Å². The molecule has 3 rings (SSSR count). The molecule has 0 fully saturated rings. The Morgan fingerprint density at radius 3 is 1.00 bits per heavy atom. The molecule has 3 aromatic rings. The summed E-state index contributed by atoms with van der Waals surface area (Å²) in [5, 5.41) is 0. The molecule has 3 aromatic carbocycles. The first-order chi connectivity index (χ1) is 12.7. The van der Waals surface area contributed by atoms with E-state index in [-0.39, 0.29) is 0 Å². The van der Waals surface area contributed by atoms with Crippen LogP contribution in [0.5, 0.6) is 0 Å². The second-order valence-electron chi connectivity index (χ2n) is 6.94. The van der Waals surface area contributed by atoms with Crippen molar-refractivity contribution in [3.8, 4) is 0 Å². The van der Waals surface area contributed by atoms with Crippen LogP contribution in [0.25, 0.3) is 0 Å². The fraction of sp³-hybridized carbons (Fsp3) is 0.250. The van der Waals surface area contributed by atoms with E-state index in [1.807, 2.05) is 0 Å². The van der Waals surface area contributed by atoms with E-state index in [4.69, 9.17) is 0 Å². The predicted octanol–water partition coefficient (Wildman–Crippen LogP) is 5.82. The second kappa shape index (κ2) is 10.1. The third-order valence-electron chi connectivity index (χ3n) is 4.95. The summed E-state index contributed by atoms with van der Waals surface area (Å²) in [6.07, 6.45) is 7.46. The topological polar surface area (TPSA) is 0 Å². The molecule has 0 aliphatic carbocycles. The summed E-state index contributed by atoms with van der Waals surface area (Å²) in [5.41, 5.74) is 3.30. The third kappa shape index (κ3) is 6.40. The third-order valence-corrected chi connectivity index (χ3v) is 11.5. The summed E-state index contributed by atoms with van der Waals surface area (Å²) < 4.78 is 0. The van der Waals surface area contributed by atoms with Crippen LogP contribution in [0.1, 0.15) is 16.7 Å². The van der Waals surface area contributed by atoms with Gasteiger partial charge in [-0.25, -0.2) is 0 Å². The first-order valence-corrected chi connectivity index (χ1v) is 14.0. The molecule has 0 aliphatic heterocycles. The van der Waals surface area contributed by atoms with Crippen molar-refractivity contribution in [2.75, 3.05) is 18.5 Å². The number of hydrogen-bond donors (Lipinski definition) is 0. The van der Waals surface area contributed by atoms with Crippen LogP contribution in [-0.2, 0) is 19.3 Å². The molecule has 134 valence electrons. The van der Waals surface area contributed by atoms with Crippen LogP contribution in [0.15, 0.2) is 91.0 Å². The Bertz CT molecular complexity index is 700. The Hall–Kier alpha value is -1.39. The molecule has 0 aromatic heterocycles. The van der Waals surface area contributed by atoms with E-state index in [9.17, 15) is 0 Å². The molecule has 0 nitrogen and oxygen atoms in total. The van der Waals surface area contributed by atoms with Crippen molar-refractivity contribution < 1.29 is 0 Å². The van der Waals surface area contributed by atoms with Gasteiger partial charge in [-0.2, -0.15) is 0 Å². The van der Waals surface area contributed by atoms with Crippen molar-refractivity contribution in [3.05, 3.63) is 108 Å². The van der Waals surface area contributed by atoms with Crippen LogP contribution < -0.4 is 0 Å². The van der Waals surface area contributed by atoms with E-state index in [0.29, 0.717) is 0 Å². The molecule has 0 saturated heterocycles. The van der Waals surface area contributed by atoms with Gasteiger partial charge in [0.15, 0.2) is 0 Å². The summed E-state index contributed by atoms with van der Waals surface area (Å²) >= 11 is 3.71. The molecule has 0 unspecified atom stereocenters. The summed E-state index contributed by atoms with van der Waals surface area (Å²) in [6, 6.07) is 32.8. The van der Waals surface area contributed by atoms with Gasteiger partial charge in [-0.1, -0.05) is 0 Å². The number of hydrogen-bond acceptors (Lipinski definition) is 0. The van der Waals surface area contributed by atoms with Gasteiger partial charge in [-0.3, -0.25) is 0 Å². The van der Waals surface area contributed by atoms with E-state index in [0.717, 1.165) is 0 Å². The molecule has 26 heavy (non-hydrogen) atoms. The SMILES string of the molecule is [Se]=P(CCc1ccccc1)(CCc1ccccc1)CCc1ccccc1. The van der Waals surface area contributed by atoms with Gasteiger partial charge in [0.2, 0.25) is 0 Å². The number of rotatable bonds is 9. The number of benzene rings is 3. The minimum atomic E-state index is -1.09. The van der Waals surface area contributed by atoms with Crippen molar-refractivity contribution in [3.63, 3.8) is 0 Å². The van der Waals surface area contributed by atoms with Gasteiger partial charge in [0, 0.05) is 0 Å². The molecule has 0 N–H and O–H groups in total. The molecular formula is C24H27PSe. The van der Waals surface area contributed by atoms with Crippen molar-refractivity contribution >= 4 is 20.6 Å². The first-order valence-electron chi connectivity index (χ1n) is 9.42. The van der Waals surface area contributed by atoms with Gasteiger partial charge in [-0.15, -0.1) is 0 Å². The molecule has 0 saturated carbocycles. The summed E-state index contributed by atoms with van der Waals surface area (Å²) in [5.74, 6) is 0. The molecule has 0 radical (unpaired) electrons. The Labute approximate surface area is 165 Å². The molecule has 0 atom stereocenters. The zero-order chi connectivity index (χ0) is 18.1. The van der Waals surface area contributed by atoms with E-state index in [2.05, 4.69) is 106 Å². The maximum atomic E-state index is 3.71. The van der Waals surface area contributed by atoms with Gasteiger partial charge in [0.1, 0.15) is 0 Å². The summed E-state index contributed by atoms with van der Waals surface area (Å²) in [7, 11) is 0. The summed E-state index contributed by atoms with van der Waals surface area (Å²) in [6.45, 7) is 0. The minimum absolute atomic E-state index is 1.09. The van der Waals surface area contributed by atoms with Crippen LogP contribution in [0.4, 0.5) is 0 Å². The van der Waals surface area contributed by atoms with Crippen molar-refractivity contribution in [2.45, 2.75) is 19.3 Å². The number of aryl methyl sites for hydroxylation is 3. The van der Waals surface area contributed by atoms with Crippen molar-refractivity contribution in [2.24, 2.45) is 0 Å². The van der Waals surface area contributed by atoms with Gasteiger partial charge in [-0.05, 0) is 0 Å². The second-order valence-corrected chi connectivity index (χ2v) is 15.3.